The SMILES string of the molecule is [3H]POCC#Cc1ccc(N(C)S(C)(=O)=O)c(C(=O)OC)c1. The van der Waals surface area contributed by atoms with Crippen LogP contribution in [0.1, 0.15) is 15.9 Å². The van der Waals surface area contributed by atoms with Crippen molar-refractivity contribution in [2.24, 2.45) is 0 Å². The van der Waals surface area contributed by atoms with E-state index in [-0.39, 0.29) is 17.9 Å². The maximum Gasteiger partial charge on any atom is 0.340 e. The van der Waals surface area contributed by atoms with E-state index in [0.29, 0.717) is 5.56 Å². The van der Waals surface area contributed by atoms with Crippen LogP contribution >= 0.6 is 9.41 Å². The standard InChI is InChI=1S/C13H16NO5PS/c1-14(21(3,16)17)12-7-6-10(5-4-8-19-20)9-11(12)13(15)18-2/h6-7,9H,8,20H2,1-3H3/i20T. The van der Waals surface area contributed by atoms with Crippen LogP contribution in [0.4, 0.5) is 5.69 Å². The van der Waals surface area contributed by atoms with Crippen LogP contribution in [0.15, 0.2) is 18.2 Å². The summed E-state index contributed by atoms with van der Waals surface area (Å²) in [6.07, 6.45) is 1.04. The number of ether oxygens (including phenoxy) is 1. The normalized spacial score (nSPS) is 11.7. The summed E-state index contributed by atoms with van der Waals surface area (Å²) in [4.78, 5) is 11.9. The molecule has 1 atom stereocenters. The first kappa shape index (κ1) is 15.8. The van der Waals surface area contributed by atoms with E-state index in [2.05, 4.69) is 16.6 Å². The fourth-order valence-corrected chi connectivity index (χ4v) is 2.10. The molecule has 0 aliphatic heterocycles. The summed E-state index contributed by atoms with van der Waals surface area (Å²) in [6.45, 7) is 0.112. The molecule has 0 aliphatic rings. The van der Waals surface area contributed by atoms with Crippen LogP contribution in [-0.2, 0) is 19.3 Å². The molecule has 1 aromatic carbocycles. The van der Waals surface area contributed by atoms with Crippen molar-refractivity contribution in [2.75, 3.05) is 31.3 Å². The summed E-state index contributed by atoms with van der Waals surface area (Å²) in [5.74, 6) is 4.82. The first-order chi connectivity index (χ1) is 10.3. The molecular formula is C13H16NO5PS. The van der Waals surface area contributed by atoms with Gasteiger partial charge in [0.05, 0.1) is 25.9 Å². The number of esters is 1. The van der Waals surface area contributed by atoms with Gasteiger partial charge in [0.2, 0.25) is 10.0 Å². The Labute approximate surface area is 128 Å². The summed E-state index contributed by atoms with van der Waals surface area (Å²) in [6, 6.07) is 4.54. The van der Waals surface area contributed by atoms with Crippen LogP contribution < -0.4 is 4.31 Å². The van der Waals surface area contributed by atoms with Gasteiger partial charge in [0.1, 0.15) is 6.61 Å². The Morgan fingerprint density at radius 1 is 1.52 bits per heavy atom. The predicted octanol–water partition coefficient (Wildman–Crippen LogP) is 1.03. The van der Waals surface area contributed by atoms with Gasteiger partial charge in [-0.05, 0) is 18.2 Å². The fraction of sp³-hybridized carbons (Fsp3) is 0.308. The summed E-state index contributed by atoms with van der Waals surface area (Å²) in [7, 11) is -1.33. The van der Waals surface area contributed by atoms with Crippen LogP contribution in [0.2, 0.25) is 0 Å². The Bertz CT molecular complexity index is 711. The number of methoxy groups -OCH3 is 1. The van der Waals surface area contributed by atoms with Crippen molar-refractivity contribution in [3.63, 3.8) is 0 Å². The van der Waals surface area contributed by atoms with Gasteiger partial charge in [-0.15, -0.1) is 0 Å². The van der Waals surface area contributed by atoms with Gasteiger partial charge in [-0.1, -0.05) is 11.8 Å². The average molecular weight is 331 g/mol. The maximum atomic E-state index is 11.9. The van der Waals surface area contributed by atoms with Gasteiger partial charge in [-0.3, -0.25) is 4.31 Å². The molecule has 0 spiro atoms. The molecule has 6 nitrogen and oxygen atoms in total. The quantitative estimate of drug-likeness (QED) is 0.349. The maximum absolute atomic E-state index is 11.9. The molecule has 1 rings (SSSR count). The van der Waals surface area contributed by atoms with Crippen molar-refractivity contribution in [1.82, 2.24) is 0 Å². The summed E-state index contributed by atoms with van der Waals surface area (Å²) < 4.78 is 40.6. The number of nitrogens with zero attached hydrogens (tertiary/aromatic N) is 1. The molecule has 0 heterocycles. The Balaban J connectivity index is 3.24. The van der Waals surface area contributed by atoms with Crippen LogP contribution in [0, 0.1) is 11.8 Å². The molecule has 114 valence electrons. The number of benzene rings is 1. The predicted molar refractivity (Wildman–Crippen MR) is 83.6 cm³/mol. The average Bonchev–Trinajstić information content (AvgIpc) is 2.49. The third-order valence-electron chi connectivity index (χ3n) is 2.62. The van der Waals surface area contributed by atoms with E-state index in [4.69, 9.17) is 5.80 Å². The van der Waals surface area contributed by atoms with Crippen molar-refractivity contribution in [1.29, 1.82) is 1.28 Å². The van der Waals surface area contributed by atoms with Gasteiger partial charge in [-0.25, -0.2) is 13.2 Å². The molecule has 0 saturated carbocycles. The van der Waals surface area contributed by atoms with E-state index < -0.39 is 25.4 Å². The molecule has 8 heteroatoms. The molecule has 0 radical (unpaired) electrons. The molecule has 0 aliphatic carbocycles. The van der Waals surface area contributed by atoms with E-state index >= 15 is 0 Å². The zero-order valence-electron chi connectivity index (χ0n) is 12.8. The highest BCUT2D eigenvalue weighted by Gasteiger charge is 2.20. The van der Waals surface area contributed by atoms with Crippen LogP contribution in [0.3, 0.4) is 0 Å². The van der Waals surface area contributed by atoms with E-state index in [9.17, 15) is 13.2 Å². The lowest BCUT2D eigenvalue weighted by Gasteiger charge is -2.19. The third kappa shape index (κ3) is 4.71. The molecule has 0 bridgehead atoms. The minimum atomic E-state index is -3.51. The first-order valence-electron chi connectivity index (χ1n) is 6.25. The number of carbonyl (C=O) groups excluding carboxylic acids is 1. The van der Waals surface area contributed by atoms with E-state index in [0.717, 1.165) is 10.6 Å². The largest absolute Gasteiger partial charge is 0.465 e. The molecule has 0 saturated heterocycles. The van der Waals surface area contributed by atoms with Crippen molar-refractivity contribution < 1.29 is 22.5 Å². The Kier molecular flexibility index (Phi) is 5.57. The van der Waals surface area contributed by atoms with Gasteiger partial charge in [0, 0.05) is 22.0 Å². The zero-order valence-corrected chi connectivity index (χ0v) is 13.7. The molecule has 0 N–H and O–H groups in total. The monoisotopic (exact) mass is 331 g/mol. The minimum absolute atomic E-state index is 0.102. The number of hydrogen-bond acceptors (Lipinski definition) is 5. The molecule has 21 heavy (non-hydrogen) atoms. The zero-order chi connectivity index (χ0) is 16.8. The lowest BCUT2D eigenvalue weighted by Crippen LogP contribution is -2.27. The summed E-state index contributed by atoms with van der Waals surface area (Å²) >= 11 is 0. The van der Waals surface area contributed by atoms with E-state index in [1.165, 1.54) is 26.3 Å². The smallest absolute Gasteiger partial charge is 0.340 e. The third-order valence-corrected chi connectivity index (χ3v) is 3.95. The van der Waals surface area contributed by atoms with E-state index in [1.54, 1.807) is 6.07 Å². The van der Waals surface area contributed by atoms with Crippen molar-refractivity contribution in [3.05, 3.63) is 29.3 Å². The van der Waals surface area contributed by atoms with Crippen molar-refractivity contribution >= 4 is 31.1 Å². The van der Waals surface area contributed by atoms with Gasteiger partial charge in [-0.2, -0.15) is 0 Å². The number of sulfonamides is 1. The van der Waals surface area contributed by atoms with Gasteiger partial charge < -0.3 is 9.26 Å². The van der Waals surface area contributed by atoms with Crippen LogP contribution in [0.5, 0.6) is 0 Å². The van der Waals surface area contributed by atoms with Gasteiger partial charge >= 0.3 is 5.97 Å². The summed E-state index contributed by atoms with van der Waals surface area (Å²) in [5.41, 5.74) is 0.831. The highest BCUT2D eigenvalue weighted by atomic mass is 32.2. The number of anilines is 1. The number of carbonyl (C=O) groups is 1. The Morgan fingerprint density at radius 3 is 2.81 bits per heavy atom. The lowest BCUT2D eigenvalue weighted by molar-refractivity contribution is 0.0601. The molecule has 1 unspecified atom stereocenters. The van der Waals surface area contributed by atoms with Gasteiger partial charge in [0.25, 0.3) is 0 Å². The lowest BCUT2D eigenvalue weighted by atomic mass is 10.1. The Hall–Kier alpha value is -1.61. The van der Waals surface area contributed by atoms with E-state index in [1.807, 2.05) is 0 Å². The Morgan fingerprint density at radius 2 is 2.24 bits per heavy atom. The number of rotatable bonds is 5. The molecule has 1 aromatic rings. The summed E-state index contributed by atoms with van der Waals surface area (Å²) in [5, 5.41) is 0. The van der Waals surface area contributed by atoms with Crippen LogP contribution in [0.25, 0.3) is 0 Å². The van der Waals surface area contributed by atoms with Crippen LogP contribution in [-0.4, -0.2) is 42.7 Å². The highest BCUT2D eigenvalue weighted by Crippen LogP contribution is 2.23. The second kappa shape index (κ2) is 7.41. The molecule has 0 fully saturated rings. The second-order valence-electron chi connectivity index (χ2n) is 4.04. The number of hydrogen-bond donors (Lipinski definition) is 0. The minimum Gasteiger partial charge on any atom is -0.465 e. The molecule has 0 aromatic heterocycles. The molecular weight excluding hydrogens is 313 g/mol. The second-order valence-corrected chi connectivity index (χ2v) is 6.35. The highest BCUT2D eigenvalue weighted by molar-refractivity contribution is 7.92. The molecule has 0 amide bonds. The topological polar surface area (TPSA) is 72.9 Å². The van der Waals surface area contributed by atoms with Crippen molar-refractivity contribution in [2.45, 2.75) is 0 Å². The van der Waals surface area contributed by atoms with Gasteiger partial charge in [0.15, 0.2) is 0 Å². The fourth-order valence-electron chi connectivity index (χ4n) is 1.51. The van der Waals surface area contributed by atoms with Crippen molar-refractivity contribution in [3.8, 4) is 11.8 Å². The first-order valence-corrected chi connectivity index (χ1v) is 8.00.